The third-order valence-corrected chi connectivity index (χ3v) is 4.04. The molecule has 0 atom stereocenters. The molecule has 2 aromatic rings. The molecule has 0 aromatic carbocycles. The van der Waals surface area contributed by atoms with Crippen molar-refractivity contribution in [2.24, 2.45) is 0 Å². The molecule has 7 nitrogen and oxygen atoms in total. The van der Waals surface area contributed by atoms with Crippen LogP contribution in [0.1, 0.15) is 33.6 Å². The number of likely N-dealkylation sites (tertiary alicyclic amines) is 1. The number of carbonyl (C=O) groups excluding carboxylic acids is 1. The van der Waals surface area contributed by atoms with Gasteiger partial charge >= 0.3 is 6.09 Å². The number of aromatic nitrogens is 3. The minimum atomic E-state index is -0.468. The number of carbonyl (C=O) groups is 1. The molecule has 2 aromatic heterocycles. The fourth-order valence-electron chi connectivity index (χ4n) is 2.75. The summed E-state index contributed by atoms with van der Waals surface area (Å²) in [6.45, 7) is 6.93. The molecule has 0 radical (unpaired) electrons. The number of fused-ring (bicyclic) bond motifs is 1. The second kappa shape index (κ2) is 6.47. The van der Waals surface area contributed by atoms with Crippen molar-refractivity contribution in [1.29, 1.82) is 0 Å². The van der Waals surface area contributed by atoms with Gasteiger partial charge in [0.25, 0.3) is 0 Å². The van der Waals surface area contributed by atoms with Crippen LogP contribution in [0.15, 0.2) is 12.3 Å². The predicted molar refractivity (Wildman–Crippen MR) is 93.4 cm³/mol. The van der Waals surface area contributed by atoms with Gasteiger partial charge in [-0.3, -0.25) is 0 Å². The maximum absolute atomic E-state index is 12.1. The van der Waals surface area contributed by atoms with Gasteiger partial charge in [0.15, 0.2) is 0 Å². The Hall–Kier alpha value is -2.02. The highest BCUT2D eigenvalue weighted by molar-refractivity contribution is 6.28. The summed E-state index contributed by atoms with van der Waals surface area (Å²) in [5.74, 6) is 0.724. The molecule has 0 aliphatic carbocycles. The maximum Gasteiger partial charge on any atom is 0.410 e. The van der Waals surface area contributed by atoms with Crippen LogP contribution >= 0.6 is 11.6 Å². The number of nitrogens with zero attached hydrogens (tertiary/aromatic N) is 3. The number of rotatable bonds is 2. The Labute approximate surface area is 145 Å². The van der Waals surface area contributed by atoms with E-state index in [4.69, 9.17) is 16.3 Å². The molecule has 0 bridgehead atoms. The molecule has 0 spiro atoms. The van der Waals surface area contributed by atoms with Crippen LogP contribution in [0.25, 0.3) is 11.0 Å². The summed E-state index contributed by atoms with van der Waals surface area (Å²) >= 11 is 5.97. The van der Waals surface area contributed by atoms with Gasteiger partial charge in [-0.05, 0) is 51.3 Å². The number of nitrogens with one attached hydrogen (secondary N) is 2. The highest BCUT2D eigenvalue weighted by Crippen LogP contribution is 2.24. The van der Waals surface area contributed by atoms with E-state index in [0.29, 0.717) is 18.7 Å². The van der Waals surface area contributed by atoms with Gasteiger partial charge in [-0.2, -0.15) is 4.98 Å². The molecular weight excluding hydrogens is 330 g/mol. The number of piperidine rings is 1. The van der Waals surface area contributed by atoms with Gasteiger partial charge in [0.1, 0.15) is 17.1 Å². The molecule has 1 saturated heterocycles. The quantitative estimate of drug-likeness (QED) is 0.810. The Balaban J connectivity index is 1.61. The molecule has 1 fully saturated rings. The van der Waals surface area contributed by atoms with E-state index < -0.39 is 5.60 Å². The smallest absolute Gasteiger partial charge is 0.410 e. The van der Waals surface area contributed by atoms with Crippen LogP contribution in [0.4, 0.5) is 10.6 Å². The average Bonchev–Trinajstić information content (AvgIpc) is 2.94. The summed E-state index contributed by atoms with van der Waals surface area (Å²) < 4.78 is 5.42. The van der Waals surface area contributed by atoms with Gasteiger partial charge in [0.2, 0.25) is 5.28 Å². The summed E-state index contributed by atoms with van der Waals surface area (Å²) in [7, 11) is 0. The third kappa shape index (κ3) is 3.90. The Morgan fingerprint density at radius 3 is 2.75 bits per heavy atom. The zero-order chi connectivity index (χ0) is 17.3. The summed E-state index contributed by atoms with van der Waals surface area (Å²) in [4.78, 5) is 25.3. The molecule has 0 unspecified atom stereocenters. The second-order valence-corrected chi connectivity index (χ2v) is 7.31. The molecule has 130 valence electrons. The Bertz CT molecular complexity index is 732. The highest BCUT2D eigenvalue weighted by Gasteiger charge is 2.27. The first-order chi connectivity index (χ1) is 11.3. The molecule has 0 saturated carbocycles. The van der Waals surface area contributed by atoms with E-state index in [-0.39, 0.29) is 17.4 Å². The van der Waals surface area contributed by atoms with Crippen molar-refractivity contribution in [2.45, 2.75) is 45.3 Å². The van der Waals surface area contributed by atoms with Crippen LogP contribution in [0, 0.1) is 0 Å². The van der Waals surface area contributed by atoms with E-state index in [1.165, 1.54) is 0 Å². The molecule has 8 heteroatoms. The first-order valence-electron chi connectivity index (χ1n) is 8.07. The van der Waals surface area contributed by atoms with Crippen molar-refractivity contribution in [2.75, 3.05) is 18.4 Å². The zero-order valence-electron chi connectivity index (χ0n) is 14.1. The molecule has 1 amide bonds. The molecular formula is C16H22ClN5O2. The van der Waals surface area contributed by atoms with Crippen molar-refractivity contribution in [3.63, 3.8) is 0 Å². The summed E-state index contributed by atoms with van der Waals surface area (Å²) in [5, 5.41) is 4.54. The van der Waals surface area contributed by atoms with E-state index in [9.17, 15) is 4.79 Å². The molecule has 1 aliphatic heterocycles. The van der Waals surface area contributed by atoms with E-state index >= 15 is 0 Å². The standard InChI is InChI=1S/C16H22ClN5O2/c1-16(2,3)24-15(23)22-8-5-10(6-9-22)19-13-11-4-7-18-12(11)20-14(17)21-13/h4,7,10H,5-6,8-9H2,1-3H3,(H2,18,19,20,21). The first kappa shape index (κ1) is 16.8. The number of amides is 1. The van der Waals surface area contributed by atoms with Crippen LogP contribution in [-0.2, 0) is 4.74 Å². The number of aromatic amines is 1. The Kier molecular flexibility index (Phi) is 4.54. The van der Waals surface area contributed by atoms with Gasteiger partial charge in [-0.25, -0.2) is 9.78 Å². The van der Waals surface area contributed by atoms with Crippen molar-refractivity contribution >= 4 is 34.5 Å². The van der Waals surface area contributed by atoms with Gasteiger partial charge in [0.05, 0.1) is 5.39 Å². The summed E-state index contributed by atoms with van der Waals surface area (Å²) in [5.41, 5.74) is 0.243. The number of anilines is 1. The molecule has 3 rings (SSSR count). The maximum atomic E-state index is 12.1. The lowest BCUT2D eigenvalue weighted by Gasteiger charge is -2.34. The van der Waals surface area contributed by atoms with Gasteiger partial charge in [0, 0.05) is 25.3 Å². The van der Waals surface area contributed by atoms with Crippen LogP contribution in [0.5, 0.6) is 0 Å². The van der Waals surface area contributed by atoms with Gasteiger partial charge in [-0.1, -0.05) is 0 Å². The van der Waals surface area contributed by atoms with Crippen LogP contribution in [0.2, 0.25) is 5.28 Å². The number of halogens is 1. The van der Waals surface area contributed by atoms with E-state index in [1.807, 2.05) is 33.0 Å². The fourth-order valence-corrected chi connectivity index (χ4v) is 2.92. The SMILES string of the molecule is CC(C)(C)OC(=O)N1CCC(Nc2nc(Cl)nc3[nH]ccc23)CC1. The normalized spacial score (nSPS) is 16.4. The minimum absolute atomic E-state index is 0.207. The Morgan fingerprint density at radius 2 is 2.08 bits per heavy atom. The largest absolute Gasteiger partial charge is 0.444 e. The lowest BCUT2D eigenvalue weighted by molar-refractivity contribution is 0.0210. The predicted octanol–water partition coefficient (Wildman–Crippen LogP) is 3.42. The number of ether oxygens (including phenoxy) is 1. The monoisotopic (exact) mass is 351 g/mol. The van der Waals surface area contributed by atoms with Gasteiger partial charge < -0.3 is 19.9 Å². The number of hydrogen-bond donors (Lipinski definition) is 2. The summed E-state index contributed by atoms with van der Waals surface area (Å²) in [6, 6.07) is 2.15. The molecule has 3 heterocycles. The Morgan fingerprint density at radius 1 is 1.38 bits per heavy atom. The zero-order valence-corrected chi connectivity index (χ0v) is 14.9. The van der Waals surface area contributed by atoms with Crippen molar-refractivity contribution in [3.8, 4) is 0 Å². The van der Waals surface area contributed by atoms with E-state index in [2.05, 4.69) is 20.3 Å². The van der Waals surface area contributed by atoms with Crippen LogP contribution in [0.3, 0.4) is 0 Å². The fraction of sp³-hybridized carbons (Fsp3) is 0.562. The molecule has 1 aliphatic rings. The van der Waals surface area contributed by atoms with Crippen molar-refractivity contribution in [1.82, 2.24) is 19.9 Å². The lowest BCUT2D eigenvalue weighted by atomic mass is 10.1. The molecule has 2 N–H and O–H groups in total. The third-order valence-electron chi connectivity index (χ3n) is 3.88. The summed E-state index contributed by atoms with van der Waals surface area (Å²) in [6.07, 6.45) is 3.21. The van der Waals surface area contributed by atoms with Crippen molar-refractivity contribution < 1.29 is 9.53 Å². The average molecular weight is 352 g/mol. The number of hydrogen-bond acceptors (Lipinski definition) is 5. The van der Waals surface area contributed by atoms with Gasteiger partial charge in [-0.15, -0.1) is 0 Å². The van der Waals surface area contributed by atoms with E-state index in [0.717, 1.165) is 24.0 Å². The van der Waals surface area contributed by atoms with Crippen LogP contribution < -0.4 is 5.32 Å². The van der Waals surface area contributed by atoms with Crippen LogP contribution in [-0.4, -0.2) is 50.7 Å². The topological polar surface area (TPSA) is 83.1 Å². The second-order valence-electron chi connectivity index (χ2n) is 6.97. The minimum Gasteiger partial charge on any atom is -0.444 e. The molecule has 24 heavy (non-hydrogen) atoms. The van der Waals surface area contributed by atoms with E-state index in [1.54, 1.807) is 4.90 Å². The lowest BCUT2D eigenvalue weighted by Crippen LogP contribution is -2.44. The van der Waals surface area contributed by atoms with Crippen molar-refractivity contribution in [3.05, 3.63) is 17.5 Å². The first-order valence-corrected chi connectivity index (χ1v) is 8.45. The highest BCUT2D eigenvalue weighted by atomic mass is 35.5. The number of H-pyrrole nitrogens is 1.